The first-order valence-electron chi connectivity index (χ1n) is 8.21. The van der Waals surface area contributed by atoms with Crippen molar-refractivity contribution < 1.29 is 14.0 Å². The molecule has 1 aliphatic rings. The number of rotatable bonds is 3. The summed E-state index contributed by atoms with van der Waals surface area (Å²) in [5.41, 5.74) is 3.18. The van der Waals surface area contributed by atoms with E-state index in [-0.39, 0.29) is 23.6 Å². The number of methoxy groups -OCH3 is 1. The normalized spacial score (nSPS) is 17.9. The van der Waals surface area contributed by atoms with Gasteiger partial charge in [-0.2, -0.15) is 0 Å². The molecule has 0 aliphatic carbocycles. The van der Waals surface area contributed by atoms with Crippen LogP contribution in [0.5, 0.6) is 5.75 Å². The average molecular weight is 362 g/mol. The molecule has 134 valence electrons. The van der Waals surface area contributed by atoms with Crippen molar-refractivity contribution in [3.8, 4) is 17.0 Å². The molecule has 0 saturated carbocycles. The molecule has 2 aromatic rings. The lowest BCUT2D eigenvalue weighted by molar-refractivity contribution is 0.00578. The van der Waals surface area contributed by atoms with Crippen molar-refractivity contribution in [1.82, 2.24) is 4.98 Å². The molecular formula is C19H25BClNO3. The molecule has 6 heteroatoms. The van der Waals surface area contributed by atoms with Gasteiger partial charge in [-0.3, -0.25) is 4.98 Å². The number of ether oxygens (including phenoxy) is 1. The van der Waals surface area contributed by atoms with Crippen LogP contribution in [-0.4, -0.2) is 30.4 Å². The second kappa shape index (κ2) is 6.98. The third kappa shape index (κ3) is 3.54. The number of aryl methyl sites for hydroxylation is 1. The van der Waals surface area contributed by atoms with Gasteiger partial charge in [0.25, 0.3) is 0 Å². The van der Waals surface area contributed by atoms with Crippen LogP contribution in [0.1, 0.15) is 33.3 Å². The number of benzene rings is 1. The number of pyridine rings is 1. The first kappa shape index (κ1) is 19.8. The molecule has 0 bridgehead atoms. The van der Waals surface area contributed by atoms with E-state index >= 15 is 0 Å². The number of para-hydroxylation sites is 1. The molecular weight excluding hydrogens is 336 g/mol. The van der Waals surface area contributed by atoms with E-state index in [0.29, 0.717) is 0 Å². The maximum Gasteiger partial charge on any atom is 0.496 e. The Hall–Kier alpha value is -1.56. The van der Waals surface area contributed by atoms with Crippen molar-refractivity contribution in [2.45, 2.75) is 45.8 Å². The fourth-order valence-corrected chi connectivity index (χ4v) is 2.83. The maximum absolute atomic E-state index is 6.11. The Balaban J connectivity index is 0.00000225. The Morgan fingerprint density at radius 3 is 2.20 bits per heavy atom. The average Bonchev–Trinajstić information content (AvgIpc) is 2.75. The second-order valence-corrected chi connectivity index (χ2v) is 7.22. The molecule has 0 atom stereocenters. The molecule has 1 fully saturated rings. The molecule has 3 rings (SSSR count). The van der Waals surface area contributed by atoms with Gasteiger partial charge in [-0.1, -0.05) is 18.2 Å². The van der Waals surface area contributed by atoms with Gasteiger partial charge < -0.3 is 14.0 Å². The first-order chi connectivity index (χ1) is 11.2. The van der Waals surface area contributed by atoms with Crippen molar-refractivity contribution in [3.05, 3.63) is 42.1 Å². The minimum absolute atomic E-state index is 0. The monoisotopic (exact) mass is 361 g/mol. The molecule has 4 nitrogen and oxygen atoms in total. The van der Waals surface area contributed by atoms with E-state index in [1.54, 1.807) is 7.11 Å². The summed E-state index contributed by atoms with van der Waals surface area (Å²) in [5, 5.41) is 0. The van der Waals surface area contributed by atoms with Crippen molar-refractivity contribution in [1.29, 1.82) is 0 Å². The van der Waals surface area contributed by atoms with Gasteiger partial charge in [0.05, 0.1) is 24.0 Å². The van der Waals surface area contributed by atoms with Gasteiger partial charge >= 0.3 is 7.12 Å². The summed E-state index contributed by atoms with van der Waals surface area (Å²) >= 11 is 0. The standard InChI is InChI=1S/C19H24BNO3.ClH/c1-13-11-14(20-23-18(2,3)19(4,5)24-20)12-21-17(13)15-9-7-8-10-16(15)22-6;/h7-12H,1-6H3;1H. The lowest BCUT2D eigenvalue weighted by atomic mass is 9.79. The predicted molar refractivity (Wildman–Crippen MR) is 104 cm³/mol. The summed E-state index contributed by atoms with van der Waals surface area (Å²) in [6, 6.07) is 9.98. The van der Waals surface area contributed by atoms with Crippen molar-refractivity contribution in [2.24, 2.45) is 0 Å². The third-order valence-electron chi connectivity index (χ3n) is 4.99. The van der Waals surface area contributed by atoms with E-state index in [9.17, 15) is 0 Å². The molecule has 0 amide bonds. The van der Waals surface area contributed by atoms with Gasteiger partial charge in [-0.05, 0) is 52.3 Å². The molecule has 0 spiro atoms. The van der Waals surface area contributed by atoms with Gasteiger partial charge in [-0.25, -0.2) is 0 Å². The second-order valence-electron chi connectivity index (χ2n) is 7.22. The molecule has 0 unspecified atom stereocenters. The molecule has 1 aliphatic heterocycles. The zero-order valence-electron chi connectivity index (χ0n) is 15.6. The van der Waals surface area contributed by atoms with Crippen molar-refractivity contribution >= 4 is 25.0 Å². The summed E-state index contributed by atoms with van der Waals surface area (Å²) in [6.45, 7) is 10.3. The van der Waals surface area contributed by atoms with Crippen molar-refractivity contribution in [3.63, 3.8) is 0 Å². The van der Waals surface area contributed by atoms with Crippen LogP contribution in [0, 0.1) is 6.92 Å². The van der Waals surface area contributed by atoms with Gasteiger partial charge in [0.15, 0.2) is 0 Å². The van der Waals surface area contributed by atoms with E-state index < -0.39 is 7.12 Å². The number of nitrogens with zero attached hydrogens (tertiary/aromatic N) is 1. The molecule has 2 heterocycles. The SMILES string of the molecule is COc1ccccc1-c1ncc(B2OC(C)(C)C(C)(C)O2)cc1C.Cl. The highest BCUT2D eigenvalue weighted by atomic mass is 35.5. The fraction of sp³-hybridized carbons (Fsp3) is 0.421. The summed E-state index contributed by atoms with van der Waals surface area (Å²) in [5.74, 6) is 0.816. The van der Waals surface area contributed by atoms with Crippen LogP contribution in [0.15, 0.2) is 36.5 Å². The van der Waals surface area contributed by atoms with Crippen LogP contribution in [0.4, 0.5) is 0 Å². The Labute approximate surface area is 156 Å². The van der Waals surface area contributed by atoms with Crippen LogP contribution in [0.3, 0.4) is 0 Å². The molecule has 1 aromatic heterocycles. The van der Waals surface area contributed by atoms with Crippen molar-refractivity contribution in [2.75, 3.05) is 7.11 Å². The Kier molecular flexibility index (Phi) is 5.52. The minimum Gasteiger partial charge on any atom is -0.496 e. The molecule has 0 radical (unpaired) electrons. The highest BCUT2D eigenvalue weighted by Crippen LogP contribution is 2.37. The Morgan fingerprint density at radius 1 is 1.04 bits per heavy atom. The summed E-state index contributed by atoms with van der Waals surface area (Å²) in [7, 11) is 1.28. The zero-order chi connectivity index (χ0) is 17.5. The van der Waals surface area contributed by atoms with Crippen LogP contribution in [-0.2, 0) is 9.31 Å². The Morgan fingerprint density at radius 2 is 1.64 bits per heavy atom. The first-order valence-corrected chi connectivity index (χ1v) is 8.21. The number of aromatic nitrogens is 1. The molecule has 0 N–H and O–H groups in total. The highest BCUT2D eigenvalue weighted by Gasteiger charge is 2.51. The topological polar surface area (TPSA) is 40.6 Å². The molecule has 1 saturated heterocycles. The van der Waals surface area contributed by atoms with Crippen LogP contribution >= 0.6 is 12.4 Å². The lowest BCUT2D eigenvalue weighted by Crippen LogP contribution is -2.41. The Bertz CT molecular complexity index is 748. The summed E-state index contributed by atoms with van der Waals surface area (Å²) in [6.07, 6.45) is 1.83. The van der Waals surface area contributed by atoms with E-state index in [1.807, 2.05) is 37.4 Å². The van der Waals surface area contributed by atoms with E-state index in [2.05, 4.69) is 38.7 Å². The number of hydrogen-bond acceptors (Lipinski definition) is 4. The summed E-state index contributed by atoms with van der Waals surface area (Å²) in [4.78, 5) is 4.66. The van der Waals surface area contributed by atoms with Gasteiger partial charge in [0, 0.05) is 17.2 Å². The predicted octanol–water partition coefficient (Wildman–Crippen LogP) is 3.79. The third-order valence-corrected chi connectivity index (χ3v) is 4.99. The molecule has 25 heavy (non-hydrogen) atoms. The number of hydrogen-bond donors (Lipinski definition) is 0. The smallest absolute Gasteiger partial charge is 0.496 e. The molecule has 1 aromatic carbocycles. The van der Waals surface area contributed by atoms with Gasteiger partial charge in [-0.15, -0.1) is 12.4 Å². The quantitative estimate of drug-likeness (QED) is 0.780. The van der Waals surface area contributed by atoms with E-state index in [4.69, 9.17) is 14.0 Å². The maximum atomic E-state index is 6.11. The number of halogens is 1. The zero-order valence-corrected chi connectivity index (χ0v) is 16.4. The minimum atomic E-state index is -0.395. The lowest BCUT2D eigenvalue weighted by Gasteiger charge is -2.32. The van der Waals surface area contributed by atoms with Gasteiger partial charge in [0.2, 0.25) is 0 Å². The van der Waals surface area contributed by atoms with Gasteiger partial charge in [0.1, 0.15) is 5.75 Å². The summed E-state index contributed by atoms with van der Waals surface area (Å²) < 4.78 is 17.7. The fourth-order valence-electron chi connectivity index (χ4n) is 2.83. The largest absolute Gasteiger partial charge is 0.496 e. The van der Waals surface area contributed by atoms with E-state index in [1.165, 1.54) is 0 Å². The van der Waals surface area contributed by atoms with Crippen LogP contribution in [0.2, 0.25) is 0 Å². The van der Waals surface area contributed by atoms with E-state index in [0.717, 1.165) is 28.0 Å². The van der Waals surface area contributed by atoms with Crippen LogP contribution < -0.4 is 10.2 Å². The van der Waals surface area contributed by atoms with Crippen LogP contribution in [0.25, 0.3) is 11.3 Å². The highest BCUT2D eigenvalue weighted by molar-refractivity contribution is 6.62.